The Morgan fingerprint density at radius 3 is 1.76 bits per heavy atom. The van der Waals surface area contributed by atoms with Crippen LogP contribution in [0.3, 0.4) is 0 Å². The lowest BCUT2D eigenvalue weighted by molar-refractivity contribution is 0.563. The number of pyridine rings is 2. The third-order valence-corrected chi connectivity index (χ3v) is 11.5. The van der Waals surface area contributed by atoms with Gasteiger partial charge in [0.1, 0.15) is 0 Å². The van der Waals surface area contributed by atoms with Gasteiger partial charge in [-0.05, 0) is 105 Å². The van der Waals surface area contributed by atoms with Gasteiger partial charge in [0.05, 0.1) is 16.4 Å². The summed E-state index contributed by atoms with van der Waals surface area (Å²) in [5, 5.41) is 2.24. The molecule has 2 nitrogen and oxygen atoms in total. The molecule has 0 fully saturated rings. The summed E-state index contributed by atoms with van der Waals surface area (Å²) in [5.41, 5.74) is 19.1. The summed E-state index contributed by atoms with van der Waals surface area (Å²) in [6.07, 6.45) is 0. The molecule has 50 heavy (non-hydrogen) atoms. The summed E-state index contributed by atoms with van der Waals surface area (Å²) >= 11 is 0. The van der Waals surface area contributed by atoms with Crippen LogP contribution in [0, 0.1) is 13.8 Å². The number of aryl methyl sites for hydroxylation is 2. The number of nitrogens with zero attached hydrogens (tertiary/aromatic N) is 2. The highest BCUT2D eigenvalue weighted by molar-refractivity contribution is 6.08. The first kappa shape index (κ1) is 29.1. The fourth-order valence-electron chi connectivity index (χ4n) is 9.24. The van der Waals surface area contributed by atoms with E-state index in [1.54, 1.807) is 0 Å². The Kier molecular flexibility index (Phi) is 6.01. The molecule has 2 aliphatic carbocycles. The molecule has 0 radical (unpaired) electrons. The molecule has 0 amide bonds. The van der Waals surface area contributed by atoms with Crippen LogP contribution in [0.4, 0.5) is 0 Å². The van der Waals surface area contributed by atoms with Gasteiger partial charge < -0.3 is 0 Å². The highest BCUT2D eigenvalue weighted by Crippen LogP contribution is 2.62. The van der Waals surface area contributed by atoms with Crippen molar-refractivity contribution >= 4 is 21.8 Å². The average molecular weight is 641 g/mol. The molecule has 0 aliphatic heterocycles. The fourth-order valence-corrected chi connectivity index (χ4v) is 9.24. The second kappa shape index (κ2) is 10.3. The van der Waals surface area contributed by atoms with Gasteiger partial charge in [-0.1, -0.05) is 135 Å². The van der Waals surface area contributed by atoms with E-state index in [0.717, 1.165) is 33.2 Å². The molecule has 6 aromatic carbocycles. The van der Waals surface area contributed by atoms with Crippen molar-refractivity contribution in [3.63, 3.8) is 0 Å². The van der Waals surface area contributed by atoms with E-state index in [9.17, 15) is 0 Å². The van der Waals surface area contributed by atoms with Gasteiger partial charge in [-0.3, -0.25) is 9.97 Å². The first-order valence-corrected chi connectivity index (χ1v) is 17.6. The number of hydrogen-bond acceptors (Lipinski definition) is 2. The number of benzene rings is 6. The van der Waals surface area contributed by atoms with Gasteiger partial charge >= 0.3 is 0 Å². The third kappa shape index (κ3) is 3.85. The zero-order valence-corrected chi connectivity index (χ0v) is 28.8. The van der Waals surface area contributed by atoms with Crippen LogP contribution < -0.4 is 0 Å². The molecule has 8 aromatic rings. The minimum absolute atomic E-state index is 0.118. The van der Waals surface area contributed by atoms with Crippen LogP contribution in [-0.2, 0) is 10.8 Å². The van der Waals surface area contributed by atoms with Crippen LogP contribution >= 0.6 is 0 Å². The molecule has 2 aliphatic rings. The van der Waals surface area contributed by atoms with Crippen molar-refractivity contribution in [2.45, 2.75) is 38.5 Å². The maximum Gasteiger partial charge on any atom is 0.0974 e. The molecular formula is C48H36N2. The summed E-state index contributed by atoms with van der Waals surface area (Å²) in [6, 6.07) is 54.4. The largest absolute Gasteiger partial charge is 0.251 e. The molecule has 0 saturated carbocycles. The zero-order valence-electron chi connectivity index (χ0n) is 28.8. The topological polar surface area (TPSA) is 25.8 Å². The fraction of sp³-hybridized carbons (Fsp3) is 0.125. The molecule has 0 bridgehead atoms. The Morgan fingerprint density at radius 2 is 1.00 bits per heavy atom. The molecule has 2 aromatic heterocycles. The summed E-state index contributed by atoms with van der Waals surface area (Å²) in [4.78, 5) is 9.92. The van der Waals surface area contributed by atoms with Crippen LogP contribution in [0.25, 0.3) is 55.2 Å². The Balaban J connectivity index is 1.21. The van der Waals surface area contributed by atoms with Crippen molar-refractivity contribution in [2.75, 3.05) is 0 Å². The smallest absolute Gasteiger partial charge is 0.0974 e. The molecule has 2 heteroatoms. The van der Waals surface area contributed by atoms with Crippen molar-refractivity contribution in [1.29, 1.82) is 0 Å². The Labute approximate surface area is 293 Å². The SMILES string of the molecule is Cc1ccc2ccc3c(-c4cccc(-c5ccc6c(c5)C5(c7ccccc7-6)c6ccccc6C(C)(C)c6ccccc65)c4)cc(C)nc3c2n1. The van der Waals surface area contributed by atoms with Crippen molar-refractivity contribution in [3.05, 3.63) is 190 Å². The monoisotopic (exact) mass is 640 g/mol. The zero-order chi connectivity index (χ0) is 33.8. The van der Waals surface area contributed by atoms with Crippen molar-refractivity contribution in [3.8, 4) is 33.4 Å². The van der Waals surface area contributed by atoms with Crippen LogP contribution in [-0.4, -0.2) is 9.97 Å². The molecule has 238 valence electrons. The minimum atomic E-state index is -0.410. The predicted molar refractivity (Wildman–Crippen MR) is 207 cm³/mol. The number of rotatable bonds is 2. The van der Waals surface area contributed by atoms with E-state index in [2.05, 4.69) is 166 Å². The standard InChI is InChI=1S/C48H36N2/c1-29-20-21-31-22-25-37-38(26-30(2)50-46(37)45(31)49-29)34-13-11-12-32(27-34)33-23-24-36-35-14-5-6-15-39(35)48(44(36)28-33)42-18-9-7-16-40(42)47(3,4)41-17-8-10-19-43(41)48/h5-28H,1-4H3. The maximum absolute atomic E-state index is 5.00. The first-order valence-electron chi connectivity index (χ1n) is 17.6. The first-order chi connectivity index (χ1) is 24.4. The van der Waals surface area contributed by atoms with E-state index >= 15 is 0 Å². The average Bonchev–Trinajstić information content (AvgIpc) is 3.44. The normalized spacial score (nSPS) is 14.7. The highest BCUT2D eigenvalue weighted by Gasteiger charge is 2.53. The summed E-state index contributed by atoms with van der Waals surface area (Å²) in [6.45, 7) is 8.89. The highest BCUT2D eigenvalue weighted by atomic mass is 14.8. The van der Waals surface area contributed by atoms with E-state index in [4.69, 9.17) is 9.97 Å². The Morgan fingerprint density at radius 1 is 0.400 bits per heavy atom. The second-order valence-corrected chi connectivity index (χ2v) is 14.7. The second-order valence-electron chi connectivity index (χ2n) is 14.7. The molecule has 0 atom stereocenters. The van der Waals surface area contributed by atoms with Crippen molar-refractivity contribution in [2.24, 2.45) is 0 Å². The number of hydrogen-bond donors (Lipinski definition) is 0. The van der Waals surface area contributed by atoms with Crippen LogP contribution in [0.2, 0.25) is 0 Å². The van der Waals surface area contributed by atoms with Gasteiger partial charge in [0.2, 0.25) is 0 Å². The van der Waals surface area contributed by atoms with E-state index in [0.29, 0.717) is 0 Å². The lowest BCUT2D eigenvalue weighted by atomic mass is 9.55. The maximum atomic E-state index is 5.00. The van der Waals surface area contributed by atoms with Crippen LogP contribution in [0.15, 0.2) is 146 Å². The van der Waals surface area contributed by atoms with E-state index in [1.807, 2.05) is 6.92 Å². The predicted octanol–water partition coefficient (Wildman–Crippen LogP) is 11.7. The molecule has 1 spiro atoms. The Bertz CT molecular complexity index is 2660. The van der Waals surface area contributed by atoms with Gasteiger partial charge in [-0.2, -0.15) is 0 Å². The summed E-state index contributed by atoms with van der Waals surface area (Å²) in [5.74, 6) is 0. The molecule has 2 heterocycles. The number of aromatic nitrogens is 2. The van der Waals surface area contributed by atoms with Crippen LogP contribution in [0.1, 0.15) is 58.6 Å². The number of fused-ring (bicyclic) bond motifs is 12. The lowest BCUT2D eigenvalue weighted by Crippen LogP contribution is -2.40. The van der Waals surface area contributed by atoms with E-state index in [1.165, 1.54) is 66.8 Å². The summed E-state index contributed by atoms with van der Waals surface area (Å²) < 4.78 is 0. The van der Waals surface area contributed by atoms with E-state index in [-0.39, 0.29) is 5.41 Å². The quantitative estimate of drug-likeness (QED) is 0.176. The molecule has 0 N–H and O–H groups in total. The minimum Gasteiger partial charge on any atom is -0.251 e. The molecule has 0 unspecified atom stereocenters. The Hall–Kier alpha value is -5.86. The molecule has 10 rings (SSSR count). The van der Waals surface area contributed by atoms with Gasteiger partial charge in [0.15, 0.2) is 0 Å². The third-order valence-electron chi connectivity index (χ3n) is 11.5. The summed E-state index contributed by atoms with van der Waals surface area (Å²) in [7, 11) is 0. The van der Waals surface area contributed by atoms with Crippen LogP contribution in [0.5, 0.6) is 0 Å². The van der Waals surface area contributed by atoms with Crippen molar-refractivity contribution in [1.82, 2.24) is 9.97 Å². The molecule has 0 saturated heterocycles. The van der Waals surface area contributed by atoms with Gasteiger partial charge in [0, 0.05) is 27.6 Å². The van der Waals surface area contributed by atoms with Gasteiger partial charge in [0.25, 0.3) is 0 Å². The molecular weight excluding hydrogens is 605 g/mol. The van der Waals surface area contributed by atoms with Crippen molar-refractivity contribution < 1.29 is 0 Å². The van der Waals surface area contributed by atoms with E-state index < -0.39 is 5.41 Å². The van der Waals surface area contributed by atoms with Gasteiger partial charge in [-0.15, -0.1) is 0 Å². The lowest BCUT2D eigenvalue weighted by Gasteiger charge is -2.46. The van der Waals surface area contributed by atoms with Gasteiger partial charge in [-0.25, -0.2) is 0 Å².